The molecule has 0 aliphatic rings. The average Bonchev–Trinajstić information content (AvgIpc) is 2.95. The summed E-state index contributed by atoms with van der Waals surface area (Å²) in [5, 5.41) is 3.04. The Morgan fingerprint density at radius 3 is 2.17 bits per heavy atom. The van der Waals surface area contributed by atoms with Crippen molar-refractivity contribution in [3.05, 3.63) is 101 Å². The van der Waals surface area contributed by atoms with Crippen LogP contribution in [-0.2, 0) is 32.6 Å². The molecule has 1 unspecified atom stereocenters. The highest BCUT2D eigenvalue weighted by molar-refractivity contribution is 7.92. The van der Waals surface area contributed by atoms with Crippen molar-refractivity contribution < 1.29 is 18.0 Å². The number of sulfonamides is 1. The fourth-order valence-corrected chi connectivity index (χ4v) is 5.94. The summed E-state index contributed by atoms with van der Waals surface area (Å²) in [6, 6.07) is 22.7. The molecule has 0 aliphatic carbocycles. The van der Waals surface area contributed by atoms with Gasteiger partial charge in [-0.2, -0.15) is 0 Å². The number of unbranched alkanes of at least 4 members (excludes halogenated alkanes) is 1. The topological polar surface area (TPSA) is 86.8 Å². The lowest BCUT2D eigenvalue weighted by Gasteiger charge is -2.32. The van der Waals surface area contributed by atoms with E-state index in [4.69, 9.17) is 0 Å². The van der Waals surface area contributed by atoms with Crippen LogP contribution in [0.4, 0.5) is 5.69 Å². The molecular weight excluding hydrogens is 546 g/mol. The molecule has 0 aromatic heterocycles. The highest BCUT2D eigenvalue weighted by Crippen LogP contribution is 2.25. The fourth-order valence-electron chi connectivity index (χ4n) is 4.92. The summed E-state index contributed by atoms with van der Waals surface area (Å²) in [4.78, 5) is 29.2. The van der Waals surface area contributed by atoms with E-state index in [1.165, 1.54) is 10.6 Å². The third-order valence-electron chi connectivity index (χ3n) is 7.36. The summed E-state index contributed by atoms with van der Waals surface area (Å²) < 4.78 is 26.9. The fraction of sp³-hybridized carbons (Fsp3) is 0.412. The van der Waals surface area contributed by atoms with Gasteiger partial charge in [0.15, 0.2) is 0 Å². The molecule has 0 aliphatic heterocycles. The van der Waals surface area contributed by atoms with Crippen LogP contribution < -0.4 is 9.62 Å². The van der Waals surface area contributed by atoms with Crippen molar-refractivity contribution in [2.75, 3.05) is 23.7 Å². The number of nitrogens with one attached hydrogen (secondary N) is 1. The summed E-state index contributed by atoms with van der Waals surface area (Å²) in [7, 11) is -3.57. The number of hydrogen-bond donors (Lipinski definition) is 1. The summed E-state index contributed by atoms with van der Waals surface area (Å²) >= 11 is 0. The molecule has 42 heavy (non-hydrogen) atoms. The van der Waals surface area contributed by atoms with Crippen LogP contribution >= 0.6 is 0 Å². The molecule has 0 bridgehead atoms. The smallest absolute Gasteiger partial charge is 0.243 e. The van der Waals surface area contributed by atoms with Gasteiger partial charge in [-0.1, -0.05) is 85.6 Å². The van der Waals surface area contributed by atoms with Gasteiger partial charge in [-0.15, -0.1) is 0 Å². The van der Waals surface area contributed by atoms with E-state index in [0.717, 1.165) is 40.7 Å². The normalized spacial score (nSPS) is 12.0. The number of anilines is 1. The molecule has 0 saturated heterocycles. The van der Waals surface area contributed by atoms with E-state index < -0.39 is 16.1 Å². The van der Waals surface area contributed by atoms with E-state index in [0.29, 0.717) is 25.1 Å². The van der Waals surface area contributed by atoms with Crippen LogP contribution in [0.2, 0.25) is 0 Å². The molecule has 3 aromatic rings. The van der Waals surface area contributed by atoms with Gasteiger partial charge in [-0.25, -0.2) is 8.42 Å². The summed E-state index contributed by atoms with van der Waals surface area (Å²) in [5.41, 5.74) is 5.45. The third kappa shape index (κ3) is 9.72. The number of carbonyl (C=O) groups is 2. The van der Waals surface area contributed by atoms with E-state index in [-0.39, 0.29) is 31.3 Å². The lowest BCUT2D eigenvalue weighted by atomic mass is 10.0. The second-order valence-corrected chi connectivity index (χ2v) is 13.0. The highest BCUT2D eigenvalue weighted by atomic mass is 32.2. The molecule has 2 amide bonds. The lowest BCUT2D eigenvalue weighted by Crippen LogP contribution is -2.50. The largest absolute Gasteiger partial charge is 0.354 e. The Balaban J connectivity index is 1.88. The molecule has 3 rings (SSSR count). The molecular formula is C34H45N3O4S. The molecule has 1 N–H and O–H groups in total. The molecule has 0 saturated carbocycles. The minimum Gasteiger partial charge on any atom is -0.354 e. The van der Waals surface area contributed by atoms with E-state index in [9.17, 15) is 18.0 Å². The maximum atomic E-state index is 13.9. The number of carbonyl (C=O) groups excluding carboxylic acids is 2. The van der Waals surface area contributed by atoms with Crippen LogP contribution in [0.15, 0.2) is 72.8 Å². The highest BCUT2D eigenvalue weighted by Gasteiger charge is 2.30. The minimum absolute atomic E-state index is 0.107. The van der Waals surface area contributed by atoms with Crippen LogP contribution in [0, 0.1) is 20.8 Å². The van der Waals surface area contributed by atoms with Crippen molar-refractivity contribution in [2.45, 2.75) is 72.4 Å². The maximum absolute atomic E-state index is 13.9. The standard InChI is InChI=1S/C34H45N3O4S/c1-6-7-21-35-34(39)32(24-29-12-9-8-10-13-29)36(25-30-19-16-26(2)17-20-30)33(38)14-11-22-37(42(5,40)41)31-23-27(3)15-18-28(31)4/h8-10,12-13,15-20,23,32H,6-7,11,14,21-22,24-25H2,1-5H3,(H,35,39). The van der Waals surface area contributed by atoms with Gasteiger partial charge in [0.2, 0.25) is 21.8 Å². The summed E-state index contributed by atoms with van der Waals surface area (Å²) in [6.07, 6.45) is 3.81. The quantitative estimate of drug-likeness (QED) is 0.229. The van der Waals surface area contributed by atoms with Gasteiger partial charge in [0.05, 0.1) is 11.9 Å². The molecule has 0 spiro atoms. The number of aryl methyl sites for hydroxylation is 3. The van der Waals surface area contributed by atoms with Gasteiger partial charge in [-0.05, 0) is 61.9 Å². The molecule has 226 valence electrons. The first-order valence-electron chi connectivity index (χ1n) is 14.7. The third-order valence-corrected chi connectivity index (χ3v) is 8.54. The van der Waals surface area contributed by atoms with E-state index in [1.54, 1.807) is 4.90 Å². The Labute approximate surface area is 252 Å². The first-order valence-corrected chi connectivity index (χ1v) is 16.6. The van der Waals surface area contributed by atoms with Crippen LogP contribution in [0.3, 0.4) is 0 Å². The van der Waals surface area contributed by atoms with Crippen LogP contribution in [0.5, 0.6) is 0 Å². The zero-order valence-corrected chi connectivity index (χ0v) is 26.4. The maximum Gasteiger partial charge on any atom is 0.243 e. The zero-order chi connectivity index (χ0) is 30.7. The zero-order valence-electron chi connectivity index (χ0n) is 25.6. The minimum atomic E-state index is -3.57. The molecule has 1 atom stereocenters. The first kappa shape index (κ1) is 32.9. The molecule has 0 heterocycles. The van der Waals surface area contributed by atoms with Crippen molar-refractivity contribution in [3.63, 3.8) is 0 Å². The van der Waals surface area contributed by atoms with Gasteiger partial charge in [0.25, 0.3) is 0 Å². The van der Waals surface area contributed by atoms with Crippen molar-refractivity contribution >= 4 is 27.5 Å². The van der Waals surface area contributed by atoms with Gasteiger partial charge >= 0.3 is 0 Å². The Bertz CT molecular complexity index is 1420. The number of amides is 2. The first-order chi connectivity index (χ1) is 20.0. The number of hydrogen-bond acceptors (Lipinski definition) is 4. The van der Waals surface area contributed by atoms with Gasteiger partial charge in [0, 0.05) is 32.5 Å². The average molecular weight is 592 g/mol. The van der Waals surface area contributed by atoms with Gasteiger partial charge < -0.3 is 10.2 Å². The van der Waals surface area contributed by atoms with Gasteiger partial charge in [0.1, 0.15) is 6.04 Å². The molecule has 3 aromatic carbocycles. The Morgan fingerprint density at radius 2 is 1.52 bits per heavy atom. The number of benzene rings is 3. The van der Waals surface area contributed by atoms with Crippen molar-refractivity contribution in [2.24, 2.45) is 0 Å². The Morgan fingerprint density at radius 1 is 0.857 bits per heavy atom. The second kappa shape index (κ2) is 15.5. The van der Waals surface area contributed by atoms with Crippen molar-refractivity contribution in [3.8, 4) is 0 Å². The van der Waals surface area contributed by atoms with Crippen LogP contribution in [0.1, 0.15) is 60.4 Å². The SMILES string of the molecule is CCCCNC(=O)C(Cc1ccccc1)N(Cc1ccc(C)cc1)C(=O)CCCN(c1cc(C)ccc1C)S(C)(=O)=O. The predicted molar refractivity (Wildman–Crippen MR) is 171 cm³/mol. The van der Waals surface area contributed by atoms with Crippen LogP contribution in [-0.4, -0.2) is 50.5 Å². The molecule has 8 heteroatoms. The molecule has 0 fully saturated rings. The van der Waals surface area contributed by atoms with E-state index >= 15 is 0 Å². The van der Waals surface area contributed by atoms with Crippen molar-refractivity contribution in [1.82, 2.24) is 10.2 Å². The van der Waals surface area contributed by atoms with Crippen LogP contribution in [0.25, 0.3) is 0 Å². The molecule has 7 nitrogen and oxygen atoms in total. The van der Waals surface area contributed by atoms with Gasteiger partial charge in [-0.3, -0.25) is 13.9 Å². The molecule has 0 radical (unpaired) electrons. The summed E-state index contributed by atoms with van der Waals surface area (Å²) in [5.74, 6) is -0.363. The predicted octanol–water partition coefficient (Wildman–Crippen LogP) is 5.71. The Hall–Kier alpha value is -3.65. The summed E-state index contributed by atoms with van der Waals surface area (Å²) in [6.45, 7) is 8.88. The van der Waals surface area contributed by atoms with Crippen molar-refractivity contribution in [1.29, 1.82) is 0 Å². The lowest BCUT2D eigenvalue weighted by molar-refractivity contribution is -0.141. The second-order valence-electron chi connectivity index (χ2n) is 11.1. The number of nitrogens with zero attached hydrogens (tertiary/aromatic N) is 2. The number of rotatable bonds is 15. The van der Waals surface area contributed by atoms with E-state index in [2.05, 4.69) is 12.2 Å². The van der Waals surface area contributed by atoms with E-state index in [1.807, 2.05) is 93.6 Å². The Kier molecular flexibility index (Phi) is 12.2. The monoisotopic (exact) mass is 591 g/mol.